The molecule has 3 heterocycles. The van der Waals surface area contributed by atoms with Gasteiger partial charge in [-0.25, -0.2) is 4.79 Å². The number of carbonyl (C=O) groups excluding carboxylic acids is 3. The summed E-state index contributed by atoms with van der Waals surface area (Å²) in [7, 11) is 7.96. The number of quaternary nitrogens is 1. The number of likely N-dealkylation sites (tertiary alicyclic amines) is 1. The van der Waals surface area contributed by atoms with Crippen molar-refractivity contribution in [3.05, 3.63) is 23.8 Å². The molecule has 0 saturated carbocycles. The van der Waals surface area contributed by atoms with Gasteiger partial charge in [0.2, 0.25) is 18.6 Å². The van der Waals surface area contributed by atoms with Gasteiger partial charge in [-0.05, 0) is 43.4 Å². The first kappa shape index (κ1) is 33.5. The number of nitrogens with zero attached hydrogens (tertiary/aromatic N) is 5. The van der Waals surface area contributed by atoms with Gasteiger partial charge in [-0.3, -0.25) is 24.2 Å². The maximum atomic E-state index is 13.8. The molecule has 0 radical (unpaired) electrons. The first-order valence-corrected chi connectivity index (χ1v) is 15.9. The number of carboxylic acids is 1. The smallest absolute Gasteiger partial charge is 0.326 e. The Kier molecular flexibility index (Phi) is 11.1. The third-order valence-corrected chi connectivity index (χ3v) is 9.06. The molecule has 2 fully saturated rings. The number of hydrogen-bond donors (Lipinski definition) is 1. The standard InChI is InChI=1S/C32H49N5O7/c1-6-7-14-34(15-8-9-18-37(3,4)5)29(39)21-36-20-24(23-10-11-26-27(19-23)44-22-43-26)30(31(40)41)25(36)12-16-35-17-13-28(38)33(2)32(35)42/h10-11,19,24-25,30H,6-9,12-18,20-22H2,1-5H3/p+1/t24-,25+,30-/m1/s1. The van der Waals surface area contributed by atoms with Gasteiger partial charge in [0.05, 0.1) is 40.2 Å². The van der Waals surface area contributed by atoms with Crippen molar-refractivity contribution in [2.45, 2.75) is 57.4 Å². The Morgan fingerprint density at radius 1 is 1.07 bits per heavy atom. The van der Waals surface area contributed by atoms with Crippen molar-refractivity contribution in [1.82, 2.24) is 19.6 Å². The molecule has 4 rings (SSSR count). The third kappa shape index (κ3) is 8.20. The number of carboxylic acid groups (broad SMARTS) is 1. The summed E-state index contributed by atoms with van der Waals surface area (Å²) in [5.41, 5.74) is 0.823. The fourth-order valence-corrected chi connectivity index (χ4v) is 6.52. The van der Waals surface area contributed by atoms with Crippen molar-refractivity contribution in [3.8, 4) is 11.5 Å². The van der Waals surface area contributed by atoms with Crippen LogP contribution in [0, 0.1) is 5.92 Å². The Morgan fingerprint density at radius 3 is 2.50 bits per heavy atom. The molecule has 4 amide bonds. The van der Waals surface area contributed by atoms with Crippen LogP contribution in [0.15, 0.2) is 18.2 Å². The summed E-state index contributed by atoms with van der Waals surface area (Å²) in [6, 6.07) is 4.68. The lowest BCUT2D eigenvalue weighted by Gasteiger charge is -2.34. The van der Waals surface area contributed by atoms with Crippen LogP contribution in [0.5, 0.6) is 11.5 Å². The van der Waals surface area contributed by atoms with Crippen molar-refractivity contribution in [2.75, 3.05) is 80.8 Å². The van der Waals surface area contributed by atoms with Gasteiger partial charge in [0.15, 0.2) is 11.5 Å². The van der Waals surface area contributed by atoms with Crippen LogP contribution in [0.25, 0.3) is 0 Å². The maximum Gasteiger partial charge on any atom is 0.326 e. The zero-order valence-electron chi connectivity index (χ0n) is 27.0. The number of hydrogen-bond acceptors (Lipinski definition) is 7. The average Bonchev–Trinajstić information content (AvgIpc) is 3.58. The lowest BCUT2D eigenvalue weighted by Crippen LogP contribution is -2.52. The van der Waals surface area contributed by atoms with E-state index in [1.54, 1.807) is 11.0 Å². The van der Waals surface area contributed by atoms with Crippen molar-refractivity contribution >= 4 is 23.8 Å². The summed E-state index contributed by atoms with van der Waals surface area (Å²) in [6.45, 7) is 5.71. The molecule has 0 unspecified atom stereocenters. The molecule has 0 spiro atoms. The first-order valence-electron chi connectivity index (χ1n) is 15.9. The molecule has 3 atom stereocenters. The summed E-state index contributed by atoms with van der Waals surface area (Å²) >= 11 is 0. The molecular weight excluding hydrogens is 566 g/mol. The van der Waals surface area contributed by atoms with Crippen LogP contribution in [0.3, 0.4) is 0 Å². The molecule has 3 aliphatic rings. The van der Waals surface area contributed by atoms with Crippen LogP contribution >= 0.6 is 0 Å². The van der Waals surface area contributed by atoms with Gasteiger partial charge in [0, 0.05) is 58.2 Å². The van der Waals surface area contributed by atoms with Crippen LogP contribution in [-0.4, -0.2) is 140 Å². The normalized spacial score (nSPS) is 22.2. The summed E-state index contributed by atoms with van der Waals surface area (Å²) in [6.07, 6.45) is 4.42. The minimum absolute atomic E-state index is 0.00329. The van der Waals surface area contributed by atoms with Gasteiger partial charge in [-0.2, -0.15) is 0 Å². The number of carbonyl (C=O) groups is 4. The quantitative estimate of drug-likeness (QED) is 0.236. The van der Waals surface area contributed by atoms with Crippen molar-refractivity contribution in [3.63, 3.8) is 0 Å². The number of urea groups is 1. The van der Waals surface area contributed by atoms with Crippen LogP contribution in [0.2, 0.25) is 0 Å². The highest BCUT2D eigenvalue weighted by Crippen LogP contribution is 2.42. The highest BCUT2D eigenvalue weighted by atomic mass is 16.7. The van der Waals surface area contributed by atoms with E-state index in [0.29, 0.717) is 50.6 Å². The number of unbranched alkanes of at least 4 members (excludes halogenated alkanes) is 2. The van der Waals surface area contributed by atoms with Crippen LogP contribution < -0.4 is 9.47 Å². The van der Waals surface area contributed by atoms with E-state index in [0.717, 1.165) is 47.2 Å². The van der Waals surface area contributed by atoms with E-state index in [1.165, 1.54) is 7.05 Å². The van der Waals surface area contributed by atoms with E-state index in [2.05, 4.69) is 28.1 Å². The van der Waals surface area contributed by atoms with Crippen LogP contribution in [0.1, 0.15) is 56.9 Å². The Bertz CT molecular complexity index is 1200. The number of rotatable bonds is 15. The van der Waals surface area contributed by atoms with Gasteiger partial charge in [-0.1, -0.05) is 19.4 Å². The second-order valence-corrected chi connectivity index (χ2v) is 13.3. The van der Waals surface area contributed by atoms with Crippen molar-refractivity contribution in [2.24, 2.45) is 5.92 Å². The zero-order chi connectivity index (χ0) is 32.0. The predicted octanol–water partition coefficient (Wildman–Crippen LogP) is 2.67. The molecule has 12 heteroatoms. The molecule has 12 nitrogen and oxygen atoms in total. The maximum absolute atomic E-state index is 13.8. The number of ether oxygens (including phenoxy) is 2. The Hall–Kier alpha value is -3.38. The predicted molar refractivity (Wildman–Crippen MR) is 164 cm³/mol. The summed E-state index contributed by atoms with van der Waals surface area (Å²) < 4.78 is 11.9. The zero-order valence-corrected chi connectivity index (χ0v) is 27.0. The second kappa shape index (κ2) is 14.6. The van der Waals surface area contributed by atoms with E-state index in [1.807, 2.05) is 21.9 Å². The fraction of sp³-hybridized carbons (Fsp3) is 0.688. The van der Waals surface area contributed by atoms with E-state index < -0.39 is 17.9 Å². The molecular formula is C32H50N5O7+. The topological polar surface area (TPSA) is 120 Å². The first-order chi connectivity index (χ1) is 20.9. The van der Waals surface area contributed by atoms with Gasteiger partial charge >= 0.3 is 12.0 Å². The Labute approximate surface area is 261 Å². The number of imide groups is 1. The summed E-state index contributed by atoms with van der Waals surface area (Å²) in [4.78, 5) is 58.2. The van der Waals surface area contributed by atoms with Gasteiger partial charge < -0.3 is 28.9 Å². The molecule has 0 aliphatic carbocycles. The number of amides is 4. The van der Waals surface area contributed by atoms with E-state index >= 15 is 0 Å². The molecule has 0 aromatic heterocycles. The second-order valence-electron chi connectivity index (χ2n) is 13.3. The minimum atomic E-state index is -0.937. The number of fused-ring (bicyclic) bond motifs is 1. The Morgan fingerprint density at radius 2 is 1.80 bits per heavy atom. The largest absolute Gasteiger partial charge is 0.481 e. The van der Waals surface area contributed by atoms with Crippen molar-refractivity contribution in [1.29, 1.82) is 0 Å². The molecule has 44 heavy (non-hydrogen) atoms. The molecule has 0 bridgehead atoms. The highest BCUT2D eigenvalue weighted by Gasteiger charge is 2.47. The monoisotopic (exact) mass is 616 g/mol. The van der Waals surface area contributed by atoms with Gasteiger partial charge in [0.25, 0.3) is 0 Å². The van der Waals surface area contributed by atoms with Crippen molar-refractivity contribution < 1.29 is 38.2 Å². The molecule has 3 aliphatic heterocycles. The highest BCUT2D eigenvalue weighted by molar-refractivity contribution is 5.96. The lowest BCUT2D eigenvalue weighted by atomic mass is 9.84. The van der Waals surface area contributed by atoms with E-state index in [9.17, 15) is 24.3 Å². The summed E-state index contributed by atoms with van der Waals surface area (Å²) in [5.74, 6) is -1.12. The fourth-order valence-electron chi connectivity index (χ4n) is 6.52. The van der Waals surface area contributed by atoms with Gasteiger partial charge in [-0.15, -0.1) is 0 Å². The number of aliphatic carboxylic acids is 1. The molecule has 244 valence electrons. The Balaban J connectivity index is 1.54. The van der Waals surface area contributed by atoms with Gasteiger partial charge in [0.1, 0.15) is 0 Å². The molecule has 1 aromatic rings. The van der Waals surface area contributed by atoms with E-state index in [-0.39, 0.29) is 43.5 Å². The van der Waals surface area contributed by atoms with E-state index in [4.69, 9.17) is 9.47 Å². The number of benzene rings is 1. The average molecular weight is 617 g/mol. The third-order valence-electron chi connectivity index (χ3n) is 9.06. The lowest BCUT2D eigenvalue weighted by molar-refractivity contribution is -0.870. The molecule has 1 aromatic carbocycles. The molecule has 1 N–H and O–H groups in total. The SMILES string of the molecule is CCCCN(CCCC[N+](C)(C)C)C(=O)CN1C[C@H](c2ccc3c(c2)OCO3)[C@@H](C(=O)O)[C@@H]1CCN1CCC(=O)N(C)C1=O. The summed E-state index contributed by atoms with van der Waals surface area (Å²) in [5, 5.41) is 10.5. The van der Waals surface area contributed by atoms with Crippen LogP contribution in [-0.2, 0) is 14.4 Å². The van der Waals surface area contributed by atoms with Crippen LogP contribution in [0.4, 0.5) is 4.79 Å². The minimum Gasteiger partial charge on any atom is -0.481 e. The molecule has 2 saturated heterocycles.